The minimum Gasteiger partial charge on any atom is -0.493 e. The lowest BCUT2D eigenvalue weighted by atomic mass is 10.1. The van der Waals surface area contributed by atoms with Crippen LogP contribution in [0.2, 0.25) is 0 Å². The third-order valence-corrected chi connectivity index (χ3v) is 7.32. The highest BCUT2D eigenvalue weighted by atomic mass is 16.5. The maximum Gasteiger partial charge on any atom is 0.355 e. The molecule has 0 fully saturated rings. The summed E-state index contributed by atoms with van der Waals surface area (Å²) in [4.78, 5) is 35.6. The van der Waals surface area contributed by atoms with Gasteiger partial charge in [-0.2, -0.15) is 4.98 Å². The number of aryl methyl sites for hydroxylation is 1. The number of imidazole rings is 1. The molecule has 10 heteroatoms. The number of rotatable bonds is 9. The molecule has 204 valence electrons. The molecular weight excluding hydrogens is 506 g/mol. The van der Waals surface area contributed by atoms with E-state index in [4.69, 9.17) is 10.5 Å². The van der Waals surface area contributed by atoms with Gasteiger partial charge < -0.3 is 20.4 Å². The van der Waals surface area contributed by atoms with Crippen molar-refractivity contribution in [3.63, 3.8) is 0 Å². The standard InChI is InChI=1S/C30H31N7O3/c1-2-20-7-9-21(10-8-20)18-37-29(38)34-28(32-14-15-35-25-6-4-3-5-24(25)33-27(35)31)36(30(37)39)19-22-11-12-26-23(17-22)13-16-40-26/h3-12,17H,2,13-16,18-19H2,1H3,(H2,31,33)(H,32,34,38). The summed E-state index contributed by atoms with van der Waals surface area (Å²) in [5.41, 5.74) is 11.0. The number of hydrogen-bond donors (Lipinski definition) is 2. The third-order valence-electron chi connectivity index (χ3n) is 7.32. The second-order valence-corrected chi connectivity index (χ2v) is 9.92. The lowest BCUT2D eigenvalue weighted by Crippen LogP contribution is -2.43. The lowest BCUT2D eigenvalue weighted by molar-refractivity contribution is 0.357. The van der Waals surface area contributed by atoms with Crippen LogP contribution in [0.4, 0.5) is 11.9 Å². The third kappa shape index (κ3) is 4.95. The molecule has 10 nitrogen and oxygen atoms in total. The van der Waals surface area contributed by atoms with Gasteiger partial charge in [-0.1, -0.05) is 55.5 Å². The number of anilines is 2. The molecule has 1 aliphatic rings. The van der Waals surface area contributed by atoms with Gasteiger partial charge in [-0.3, -0.25) is 4.57 Å². The largest absolute Gasteiger partial charge is 0.493 e. The van der Waals surface area contributed by atoms with Gasteiger partial charge in [0.2, 0.25) is 11.9 Å². The second-order valence-electron chi connectivity index (χ2n) is 9.92. The van der Waals surface area contributed by atoms with Crippen LogP contribution in [0, 0.1) is 0 Å². The summed E-state index contributed by atoms with van der Waals surface area (Å²) in [6.07, 6.45) is 1.75. The molecule has 0 radical (unpaired) electrons. The molecule has 0 saturated heterocycles. The highest BCUT2D eigenvalue weighted by molar-refractivity contribution is 5.78. The van der Waals surface area contributed by atoms with Gasteiger partial charge in [0, 0.05) is 19.5 Å². The maximum absolute atomic E-state index is 13.8. The van der Waals surface area contributed by atoms with Crippen LogP contribution >= 0.6 is 0 Å². The fraction of sp³-hybridized carbons (Fsp3) is 0.267. The Morgan fingerprint density at radius 3 is 2.48 bits per heavy atom. The zero-order chi connectivity index (χ0) is 27.6. The number of aromatic nitrogens is 5. The van der Waals surface area contributed by atoms with Gasteiger partial charge in [-0.05, 0) is 46.9 Å². The highest BCUT2D eigenvalue weighted by Crippen LogP contribution is 2.26. The zero-order valence-corrected chi connectivity index (χ0v) is 22.3. The highest BCUT2D eigenvalue weighted by Gasteiger charge is 2.17. The van der Waals surface area contributed by atoms with Crippen LogP contribution < -0.4 is 27.2 Å². The Labute approximate surface area is 230 Å². The molecule has 3 heterocycles. The quantitative estimate of drug-likeness (QED) is 0.296. The van der Waals surface area contributed by atoms with Crippen molar-refractivity contribution in [2.24, 2.45) is 0 Å². The Bertz CT molecular complexity index is 1800. The van der Waals surface area contributed by atoms with Crippen LogP contribution in [-0.2, 0) is 32.5 Å². The molecule has 5 aromatic rings. The smallest absolute Gasteiger partial charge is 0.355 e. The van der Waals surface area contributed by atoms with Crippen molar-refractivity contribution in [1.29, 1.82) is 0 Å². The SMILES string of the molecule is CCc1ccc(Cn2c(=O)nc(NCCn3c(N)nc4ccccc43)n(Cc3ccc4c(c3)CCO4)c2=O)cc1. The van der Waals surface area contributed by atoms with Gasteiger partial charge in [0.15, 0.2) is 0 Å². The number of fused-ring (bicyclic) bond motifs is 2. The van der Waals surface area contributed by atoms with Crippen LogP contribution in [0.15, 0.2) is 76.3 Å². The molecule has 6 rings (SSSR count). The monoisotopic (exact) mass is 537 g/mol. The summed E-state index contributed by atoms with van der Waals surface area (Å²) in [7, 11) is 0. The van der Waals surface area contributed by atoms with Crippen molar-refractivity contribution in [2.75, 3.05) is 24.2 Å². The summed E-state index contributed by atoms with van der Waals surface area (Å²) >= 11 is 0. The molecule has 2 aromatic heterocycles. The molecular formula is C30H31N7O3. The molecule has 0 amide bonds. The molecule has 0 unspecified atom stereocenters. The molecule has 1 aliphatic heterocycles. The molecule has 0 atom stereocenters. The van der Waals surface area contributed by atoms with Crippen molar-refractivity contribution < 1.29 is 4.74 Å². The minimum absolute atomic E-state index is 0.143. The summed E-state index contributed by atoms with van der Waals surface area (Å²) in [5, 5.41) is 3.21. The average Bonchev–Trinajstić information content (AvgIpc) is 3.56. The maximum atomic E-state index is 13.8. The summed E-state index contributed by atoms with van der Waals surface area (Å²) in [5.74, 6) is 1.49. The van der Waals surface area contributed by atoms with Crippen molar-refractivity contribution >= 4 is 22.9 Å². The van der Waals surface area contributed by atoms with E-state index in [2.05, 4.69) is 28.3 Å². The zero-order valence-electron chi connectivity index (χ0n) is 22.3. The van der Waals surface area contributed by atoms with Gasteiger partial charge in [-0.15, -0.1) is 0 Å². The Balaban J connectivity index is 1.32. The predicted molar refractivity (Wildman–Crippen MR) is 155 cm³/mol. The van der Waals surface area contributed by atoms with E-state index >= 15 is 0 Å². The number of nitrogen functional groups attached to an aromatic ring is 1. The second kappa shape index (κ2) is 10.7. The topological polar surface area (TPSA) is 122 Å². The van der Waals surface area contributed by atoms with Crippen molar-refractivity contribution in [2.45, 2.75) is 39.4 Å². The van der Waals surface area contributed by atoms with Gasteiger partial charge in [0.1, 0.15) is 5.75 Å². The fourth-order valence-electron chi connectivity index (χ4n) is 5.13. The molecule has 0 aliphatic carbocycles. The van der Waals surface area contributed by atoms with Crippen LogP contribution in [-0.4, -0.2) is 36.8 Å². The summed E-state index contributed by atoms with van der Waals surface area (Å²) in [6, 6.07) is 21.6. The molecule has 40 heavy (non-hydrogen) atoms. The first kappa shape index (κ1) is 25.4. The molecule has 0 saturated carbocycles. The van der Waals surface area contributed by atoms with E-state index in [1.165, 1.54) is 14.7 Å². The Morgan fingerprint density at radius 2 is 1.65 bits per heavy atom. The predicted octanol–water partition coefficient (Wildman–Crippen LogP) is 3.04. The van der Waals surface area contributed by atoms with Crippen LogP contribution in [0.3, 0.4) is 0 Å². The van der Waals surface area contributed by atoms with E-state index in [1.807, 2.05) is 65.2 Å². The average molecular weight is 538 g/mol. The van der Waals surface area contributed by atoms with E-state index in [0.29, 0.717) is 25.6 Å². The Morgan fingerprint density at radius 1 is 0.900 bits per heavy atom. The van der Waals surface area contributed by atoms with Gasteiger partial charge in [0.25, 0.3) is 0 Å². The van der Waals surface area contributed by atoms with E-state index in [1.54, 1.807) is 0 Å². The minimum atomic E-state index is -0.599. The first-order valence-electron chi connectivity index (χ1n) is 13.5. The normalized spacial score (nSPS) is 12.4. The Kier molecular flexibility index (Phi) is 6.81. The van der Waals surface area contributed by atoms with Crippen LogP contribution in [0.1, 0.15) is 29.2 Å². The first-order valence-corrected chi connectivity index (χ1v) is 13.5. The van der Waals surface area contributed by atoms with E-state index in [0.717, 1.165) is 46.3 Å². The van der Waals surface area contributed by atoms with Crippen LogP contribution in [0.25, 0.3) is 11.0 Å². The first-order chi connectivity index (χ1) is 19.5. The number of ether oxygens (including phenoxy) is 1. The summed E-state index contributed by atoms with van der Waals surface area (Å²) < 4.78 is 10.2. The van der Waals surface area contributed by atoms with Gasteiger partial charge >= 0.3 is 11.4 Å². The van der Waals surface area contributed by atoms with E-state index < -0.39 is 11.4 Å². The van der Waals surface area contributed by atoms with E-state index in [-0.39, 0.29) is 19.0 Å². The Hall–Kier alpha value is -4.86. The van der Waals surface area contributed by atoms with Gasteiger partial charge in [-0.25, -0.2) is 19.1 Å². The number of nitrogens with zero attached hydrogens (tertiary/aromatic N) is 5. The van der Waals surface area contributed by atoms with Crippen molar-refractivity contribution in [3.05, 3.63) is 110 Å². The molecule has 0 bridgehead atoms. The fourth-order valence-corrected chi connectivity index (χ4v) is 5.13. The van der Waals surface area contributed by atoms with Gasteiger partial charge in [0.05, 0.1) is 30.7 Å². The number of hydrogen-bond acceptors (Lipinski definition) is 7. The van der Waals surface area contributed by atoms with Crippen molar-refractivity contribution in [3.8, 4) is 5.75 Å². The molecule has 0 spiro atoms. The summed E-state index contributed by atoms with van der Waals surface area (Å²) in [6.45, 7) is 4.00. The van der Waals surface area contributed by atoms with Crippen molar-refractivity contribution in [1.82, 2.24) is 23.7 Å². The number of benzene rings is 3. The number of para-hydroxylation sites is 2. The number of nitrogens with two attached hydrogens (primary N) is 1. The van der Waals surface area contributed by atoms with E-state index in [9.17, 15) is 9.59 Å². The molecule has 3 aromatic carbocycles. The van der Waals surface area contributed by atoms with Crippen LogP contribution in [0.5, 0.6) is 5.75 Å². The lowest BCUT2D eigenvalue weighted by Gasteiger charge is -2.16. The molecule has 3 N–H and O–H groups in total. The number of nitrogens with one attached hydrogen (secondary N) is 1.